The molecule has 1 atom stereocenters. The van der Waals surface area contributed by atoms with E-state index in [1.54, 1.807) is 0 Å². The molecule has 0 saturated carbocycles. The Morgan fingerprint density at radius 2 is 2.29 bits per heavy atom. The number of carbonyl (C=O) groups is 1. The summed E-state index contributed by atoms with van der Waals surface area (Å²) < 4.78 is 0. The van der Waals surface area contributed by atoms with Gasteiger partial charge in [0.1, 0.15) is 0 Å². The Morgan fingerprint density at radius 1 is 1.53 bits per heavy atom. The van der Waals surface area contributed by atoms with Gasteiger partial charge in [0.2, 0.25) is 0 Å². The normalized spacial score (nSPS) is 22.1. The minimum absolute atomic E-state index is 0.0565. The van der Waals surface area contributed by atoms with Crippen LogP contribution in [0.3, 0.4) is 0 Å². The third kappa shape index (κ3) is 4.76. The zero-order valence-electron chi connectivity index (χ0n) is 10.6. The highest BCUT2D eigenvalue weighted by Crippen LogP contribution is 2.16. The van der Waals surface area contributed by atoms with Crippen LogP contribution in [0.1, 0.15) is 26.2 Å². The predicted molar refractivity (Wildman–Crippen MR) is 67.8 cm³/mol. The third-order valence-corrected chi connectivity index (χ3v) is 3.39. The van der Waals surface area contributed by atoms with Crippen molar-refractivity contribution in [2.75, 3.05) is 32.7 Å². The van der Waals surface area contributed by atoms with Crippen LogP contribution < -0.4 is 0 Å². The van der Waals surface area contributed by atoms with Crippen molar-refractivity contribution in [1.82, 2.24) is 9.80 Å². The number of hydrogen-bond donors (Lipinski definition) is 1. The lowest BCUT2D eigenvalue weighted by molar-refractivity contribution is -0.138. The fourth-order valence-corrected chi connectivity index (χ4v) is 2.42. The van der Waals surface area contributed by atoms with Gasteiger partial charge >= 0.3 is 5.97 Å². The molecule has 17 heavy (non-hydrogen) atoms. The Kier molecular flexibility index (Phi) is 6.03. The maximum atomic E-state index is 10.8. The Bertz CT molecular complexity index is 286. The first-order valence-corrected chi connectivity index (χ1v) is 6.29. The van der Waals surface area contributed by atoms with Crippen molar-refractivity contribution in [3.05, 3.63) is 0 Å². The lowest BCUT2D eigenvalue weighted by atomic mass is 10.1. The summed E-state index contributed by atoms with van der Waals surface area (Å²) in [4.78, 5) is 15.1. The summed E-state index contributed by atoms with van der Waals surface area (Å²) >= 11 is 0. The number of nitrogens with zero attached hydrogens (tertiary/aromatic N) is 2. The largest absolute Gasteiger partial charge is 0.480 e. The molecule has 0 amide bonds. The van der Waals surface area contributed by atoms with E-state index in [-0.39, 0.29) is 6.54 Å². The summed E-state index contributed by atoms with van der Waals surface area (Å²) in [7, 11) is 0. The average molecular weight is 238 g/mol. The molecular formula is C13H22N2O2. The molecule has 1 rings (SSSR count). The predicted octanol–water partition coefficient (Wildman–Crippen LogP) is 0.881. The van der Waals surface area contributed by atoms with Gasteiger partial charge < -0.3 is 10.0 Å². The van der Waals surface area contributed by atoms with Crippen LogP contribution >= 0.6 is 0 Å². The SMILES string of the molecule is C#CCN(CC(=O)O)C1CCCN(CC)CC1. The van der Waals surface area contributed by atoms with Crippen molar-refractivity contribution in [3.63, 3.8) is 0 Å². The molecule has 4 heteroatoms. The van der Waals surface area contributed by atoms with Crippen LogP contribution in [0.25, 0.3) is 0 Å². The van der Waals surface area contributed by atoms with E-state index >= 15 is 0 Å². The summed E-state index contributed by atoms with van der Waals surface area (Å²) in [6.07, 6.45) is 8.50. The number of aliphatic carboxylic acids is 1. The monoisotopic (exact) mass is 238 g/mol. The number of rotatable bonds is 5. The molecule has 96 valence electrons. The maximum absolute atomic E-state index is 10.8. The van der Waals surface area contributed by atoms with Gasteiger partial charge in [0.05, 0.1) is 13.1 Å². The molecule has 1 aliphatic rings. The standard InChI is InChI=1S/C13H22N2O2/c1-3-8-15(11-13(16)17)12-6-5-9-14(4-2)10-7-12/h1,12H,4-11H2,2H3,(H,16,17). The first kappa shape index (κ1) is 14.0. The van der Waals surface area contributed by atoms with E-state index in [1.165, 1.54) is 0 Å². The first-order valence-electron chi connectivity index (χ1n) is 6.29. The van der Waals surface area contributed by atoms with E-state index in [0.717, 1.165) is 38.9 Å². The highest BCUT2D eigenvalue weighted by atomic mass is 16.4. The number of carboxylic acids is 1. The molecule has 1 N–H and O–H groups in total. The minimum atomic E-state index is -0.795. The van der Waals surface area contributed by atoms with Gasteiger partial charge in [-0.1, -0.05) is 12.8 Å². The van der Waals surface area contributed by atoms with E-state index in [2.05, 4.69) is 17.7 Å². The molecule has 0 spiro atoms. The highest BCUT2D eigenvalue weighted by molar-refractivity contribution is 5.69. The van der Waals surface area contributed by atoms with Crippen molar-refractivity contribution < 1.29 is 9.90 Å². The molecule has 1 fully saturated rings. The van der Waals surface area contributed by atoms with Crippen molar-refractivity contribution in [3.8, 4) is 12.3 Å². The molecule has 1 heterocycles. The van der Waals surface area contributed by atoms with Crippen LogP contribution in [-0.2, 0) is 4.79 Å². The molecule has 1 unspecified atom stereocenters. The first-order chi connectivity index (χ1) is 8.17. The molecule has 4 nitrogen and oxygen atoms in total. The van der Waals surface area contributed by atoms with Crippen molar-refractivity contribution in [2.45, 2.75) is 32.2 Å². The Hall–Kier alpha value is -1.05. The third-order valence-electron chi connectivity index (χ3n) is 3.39. The fraction of sp³-hybridized carbons (Fsp3) is 0.769. The number of carboxylic acid groups (broad SMARTS) is 1. The Morgan fingerprint density at radius 3 is 2.88 bits per heavy atom. The Balaban J connectivity index is 2.55. The molecule has 0 aromatic carbocycles. The number of likely N-dealkylation sites (tertiary alicyclic amines) is 1. The fourth-order valence-electron chi connectivity index (χ4n) is 2.42. The van der Waals surface area contributed by atoms with E-state index in [1.807, 2.05) is 4.90 Å². The molecule has 1 aliphatic heterocycles. The average Bonchev–Trinajstić information content (AvgIpc) is 2.53. The van der Waals surface area contributed by atoms with Gasteiger partial charge in [-0.15, -0.1) is 6.42 Å². The van der Waals surface area contributed by atoms with Crippen molar-refractivity contribution in [2.24, 2.45) is 0 Å². The van der Waals surface area contributed by atoms with Gasteiger partial charge in [-0.25, -0.2) is 0 Å². The van der Waals surface area contributed by atoms with Gasteiger partial charge in [0.15, 0.2) is 0 Å². The van der Waals surface area contributed by atoms with E-state index in [0.29, 0.717) is 12.6 Å². The van der Waals surface area contributed by atoms with Crippen LogP contribution in [-0.4, -0.2) is 59.6 Å². The lowest BCUT2D eigenvalue weighted by Gasteiger charge is -2.27. The number of terminal acetylenes is 1. The van der Waals surface area contributed by atoms with Crippen molar-refractivity contribution >= 4 is 5.97 Å². The summed E-state index contributed by atoms with van der Waals surface area (Å²) in [5.74, 6) is 1.77. The molecule has 0 aliphatic carbocycles. The molecule has 0 bridgehead atoms. The summed E-state index contributed by atoms with van der Waals surface area (Å²) in [6.45, 7) is 5.88. The van der Waals surface area contributed by atoms with Gasteiger partial charge in [-0.3, -0.25) is 9.69 Å². The second-order valence-corrected chi connectivity index (χ2v) is 4.52. The van der Waals surface area contributed by atoms with Gasteiger partial charge in [-0.05, 0) is 38.9 Å². The van der Waals surface area contributed by atoms with Gasteiger partial charge in [-0.2, -0.15) is 0 Å². The van der Waals surface area contributed by atoms with Crippen LogP contribution in [0.15, 0.2) is 0 Å². The summed E-state index contributed by atoms with van der Waals surface area (Å²) in [5.41, 5.74) is 0. The van der Waals surface area contributed by atoms with E-state index in [4.69, 9.17) is 11.5 Å². The molecule has 0 aromatic heterocycles. The summed E-state index contributed by atoms with van der Waals surface area (Å²) in [6, 6.07) is 0.318. The van der Waals surface area contributed by atoms with Gasteiger partial charge in [0.25, 0.3) is 0 Å². The highest BCUT2D eigenvalue weighted by Gasteiger charge is 2.23. The molecule has 1 saturated heterocycles. The van der Waals surface area contributed by atoms with Crippen LogP contribution in [0.5, 0.6) is 0 Å². The van der Waals surface area contributed by atoms with Gasteiger partial charge in [0, 0.05) is 6.04 Å². The summed E-state index contributed by atoms with van der Waals surface area (Å²) in [5, 5.41) is 8.89. The number of hydrogen-bond acceptors (Lipinski definition) is 3. The molecule has 0 radical (unpaired) electrons. The minimum Gasteiger partial charge on any atom is -0.480 e. The molecular weight excluding hydrogens is 216 g/mol. The van der Waals surface area contributed by atoms with E-state index < -0.39 is 5.97 Å². The smallest absolute Gasteiger partial charge is 0.317 e. The quantitative estimate of drug-likeness (QED) is 0.722. The zero-order chi connectivity index (χ0) is 12.7. The van der Waals surface area contributed by atoms with Crippen LogP contribution in [0, 0.1) is 12.3 Å². The van der Waals surface area contributed by atoms with Crippen LogP contribution in [0.4, 0.5) is 0 Å². The second-order valence-electron chi connectivity index (χ2n) is 4.52. The van der Waals surface area contributed by atoms with Crippen LogP contribution in [0.2, 0.25) is 0 Å². The van der Waals surface area contributed by atoms with Crippen molar-refractivity contribution in [1.29, 1.82) is 0 Å². The Labute approximate surface area is 104 Å². The zero-order valence-corrected chi connectivity index (χ0v) is 10.6. The maximum Gasteiger partial charge on any atom is 0.317 e. The molecule has 0 aromatic rings. The van der Waals surface area contributed by atoms with E-state index in [9.17, 15) is 4.79 Å². The lowest BCUT2D eigenvalue weighted by Crippen LogP contribution is -2.40. The topological polar surface area (TPSA) is 43.8 Å². The second kappa shape index (κ2) is 7.31.